The summed E-state index contributed by atoms with van der Waals surface area (Å²) in [6, 6.07) is 1.88. The number of fused-ring (bicyclic) bond motifs is 2. The maximum Gasteiger partial charge on any atom is 0.389 e. The predicted octanol–water partition coefficient (Wildman–Crippen LogP) is 0.983. The van der Waals surface area contributed by atoms with Crippen LogP contribution in [0.2, 0.25) is 0 Å². The number of hydrogen-bond donors (Lipinski definition) is 10. The van der Waals surface area contributed by atoms with Crippen LogP contribution in [0.15, 0.2) is 62.7 Å². The third-order valence-electron chi connectivity index (χ3n) is 16.1. The van der Waals surface area contributed by atoms with Crippen molar-refractivity contribution in [1.82, 2.24) is 58.1 Å². The zero-order valence-corrected chi connectivity index (χ0v) is 44.0. The summed E-state index contributed by atoms with van der Waals surface area (Å²) >= 11 is 0. The molecule has 0 spiro atoms. The third-order valence-corrected chi connectivity index (χ3v) is 16.1. The van der Waals surface area contributed by atoms with Gasteiger partial charge in [-0.1, -0.05) is 0 Å². The average molecular weight is 1220 g/mol. The Hall–Kier alpha value is -7.13. The smallest absolute Gasteiger partial charge is 0.389 e. The second-order valence-corrected chi connectivity index (χ2v) is 21.8. The molecular weight excluding hydrogens is 1170 g/mol. The van der Waals surface area contributed by atoms with E-state index in [1.807, 2.05) is 4.98 Å². The molecule has 0 saturated carbocycles. The molecule has 0 radical (unpaired) electrons. The molecule has 0 amide bonds. The summed E-state index contributed by atoms with van der Waals surface area (Å²) in [7, 11) is 0. The Balaban J connectivity index is 0.889. The summed E-state index contributed by atoms with van der Waals surface area (Å²) in [6.45, 7) is -0.885. The van der Waals surface area contributed by atoms with E-state index in [9.17, 15) is 57.9 Å². The number of halogens is 9. The lowest BCUT2D eigenvalue weighted by atomic mass is 9.83. The van der Waals surface area contributed by atoms with Gasteiger partial charge in [-0.05, 0) is 18.9 Å². The van der Waals surface area contributed by atoms with Crippen molar-refractivity contribution >= 4 is 39.9 Å². The van der Waals surface area contributed by atoms with Crippen LogP contribution in [-0.4, -0.2) is 163 Å². The van der Waals surface area contributed by atoms with Crippen molar-refractivity contribution in [2.45, 2.75) is 155 Å². The van der Waals surface area contributed by atoms with Crippen LogP contribution in [0.4, 0.5) is 57.1 Å². The summed E-state index contributed by atoms with van der Waals surface area (Å²) in [5.74, 6) is -20.2. The normalized spacial score (nSPS) is 30.4. The van der Waals surface area contributed by atoms with Crippen molar-refractivity contribution in [2.24, 2.45) is 23.7 Å². The molecule has 0 bridgehead atoms. The molecule has 37 heteroatoms. The summed E-state index contributed by atoms with van der Waals surface area (Å²) in [4.78, 5) is 77.4. The van der Waals surface area contributed by atoms with Crippen LogP contribution < -0.4 is 39.7 Å². The summed E-state index contributed by atoms with van der Waals surface area (Å²) in [5.41, 5.74) is 12.5. The van der Waals surface area contributed by atoms with Gasteiger partial charge in [0.05, 0.1) is 50.1 Å². The topological polar surface area (TPSA) is 413 Å². The van der Waals surface area contributed by atoms with Crippen LogP contribution in [0.1, 0.15) is 82.7 Å². The number of aliphatic hydroxyl groups excluding tert-OH is 5. The van der Waals surface area contributed by atoms with Gasteiger partial charge in [0.2, 0.25) is 17.8 Å². The lowest BCUT2D eigenvalue weighted by molar-refractivity contribution is -0.154. The molecule has 4 aliphatic rings. The highest BCUT2D eigenvalue weighted by Crippen LogP contribution is 2.50. The lowest BCUT2D eigenvalue weighted by Gasteiger charge is -2.31. The highest BCUT2D eigenvalue weighted by molar-refractivity contribution is 5.81. The number of rotatable bonds is 20. The van der Waals surface area contributed by atoms with Crippen molar-refractivity contribution in [3.05, 3.63) is 85.2 Å². The minimum absolute atomic E-state index is 0.0463. The van der Waals surface area contributed by atoms with Crippen LogP contribution in [0.25, 0.3) is 22.3 Å². The maximum absolute atomic E-state index is 16.8. The number of imidazole rings is 2. The Kier molecular flexibility index (Phi) is 16.5. The van der Waals surface area contributed by atoms with Gasteiger partial charge >= 0.3 is 17.6 Å². The standard InChI is InChI=1S/C48H56F9N15O13/c49-45(50,6-2-23-21(12-48(55,56)57)33(78)38(82-23)70-8-4-27(74)66-44(70)81)9-18-22(83-41(30(18)75)72-17-64-29-36(72)67-42(60)68-37(29)79)1-5-46(51,52)10-19-24(84-39(31(19)76)69-7-3-26(58)65-43(69)80)13-47(53,54)11-20-25(14-73)85-40(32(20)77)71-16-63-28-34(59)61-15-62-35(28)71/h3-4,7-8,15-25,30-33,38-41,73,75-78H,1-2,5-6,9-14H2,(H2,58,65,80)(H2,59,61,62)(H,66,74,81)(H3,60,67,68,79)/t18?,19?,20?,21?,22-,23-,24-,25-,30?,31?,32?,33?,38-,39-,40-,41-/m1/s1. The Labute approximate surface area is 469 Å². The van der Waals surface area contributed by atoms with Crippen molar-refractivity contribution in [2.75, 3.05) is 23.8 Å². The van der Waals surface area contributed by atoms with E-state index in [1.54, 1.807) is 0 Å². The summed E-state index contributed by atoms with van der Waals surface area (Å²) in [6.07, 6.45) is -34.3. The number of ether oxygens (including phenoxy) is 4. The maximum atomic E-state index is 16.8. The molecular formula is C48H56F9N15O13. The van der Waals surface area contributed by atoms with Crippen molar-refractivity contribution in [3.8, 4) is 0 Å². The number of nitrogens with two attached hydrogens (primary N) is 3. The fourth-order valence-electron chi connectivity index (χ4n) is 12.1. The number of alkyl halides is 9. The van der Waals surface area contributed by atoms with E-state index in [0.717, 1.165) is 48.1 Å². The van der Waals surface area contributed by atoms with Crippen LogP contribution in [0.3, 0.4) is 0 Å². The molecule has 0 aliphatic carbocycles. The number of nitrogen functional groups attached to an aromatic ring is 3. The van der Waals surface area contributed by atoms with Gasteiger partial charge in [-0.25, -0.2) is 55.9 Å². The van der Waals surface area contributed by atoms with Crippen molar-refractivity contribution in [3.63, 3.8) is 0 Å². The van der Waals surface area contributed by atoms with Gasteiger partial charge in [0, 0.05) is 80.7 Å². The largest absolute Gasteiger partial charge is 0.394 e. The van der Waals surface area contributed by atoms with Gasteiger partial charge in [-0.15, -0.1) is 0 Å². The molecule has 464 valence electrons. The molecule has 10 heterocycles. The van der Waals surface area contributed by atoms with Gasteiger partial charge < -0.3 is 61.7 Å². The number of aliphatic hydroxyl groups is 5. The van der Waals surface area contributed by atoms with Gasteiger partial charge in [-0.3, -0.25) is 37.8 Å². The first kappa shape index (κ1) is 61.0. The Morgan fingerprint density at radius 3 is 1.61 bits per heavy atom. The van der Waals surface area contributed by atoms with E-state index >= 15 is 26.3 Å². The molecule has 4 aliphatic heterocycles. The minimum Gasteiger partial charge on any atom is -0.394 e. The number of nitrogens with zero attached hydrogens (tertiary/aromatic N) is 10. The highest BCUT2D eigenvalue weighted by atomic mass is 19.4. The first-order valence-electron chi connectivity index (χ1n) is 26.4. The molecule has 16 atom stereocenters. The predicted molar refractivity (Wildman–Crippen MR) is 270 cm³/mol. The number of hydrogen-bond acceptors (Lipinski definition) is 22. The second-order valence-electron chi connectivity index (χ2n) is 21.8. The monoisotopic (exact) mass is 1220 g/mol. The third kappa shape index (κ3) is 12.5. The average Bonchev–Trinajstić information content (AvgIpc) is 2.02. The Morgan fingerprint density at radius 1 is 0.541 bits per heavy atom. The summed E-state index contributed by atoms with van der Waals surface area (Å²) < 4.78 is 168. The SMILES string of the molecule is Nc1ccn([C@@H]2O[C@H](CC(F)(F)CC3C(O)[C@H](n4cnc5c(N)ncnc54)O[C@@H]3CO)C(CC(F)(F)CC[C@H]3O[C@@H](n4cnc5c(=O)[nH]c(N)nc54)C(O)C3CC(F)(F)CC[C@H]3O[C@@H](n4ccc(=O)[nH]c4=O)C(O)C3CC(F)(F)F)C2O)c(=O)n1. The highest BCUT2D eigenvalue weighted by Gasteiger charge is 2.57. The zero-order chi connectivity index (χ0) is 61.4. The van der Waals surface area contributed by atoms with E-state index < -0.39 is 214 Å². The van der Waals surface area contributed by atoms with Crippen LogP contribution in [0, 0.1) is 23.7 Å². The molecule has 10 rings (SSSR count). The van der Waals surface area contributed by atoms with E-state index in [2.05, 4.69) is 34.9 Å². The number of nitrogens with one attached hydrogen (secondary N) is 2. The number of aromatic amines is 2. The molecule has 0 aromatic carbocycles. The van der Waals surface area contributed by atoms with Crippen molar-refractivity contribution < 1.29 is 84.0 Å². The Morgan fingerprint density at radius 2 is 1.04 bits per heavy atom. The van der Waals surface area contributed by atoms with Crippen LogP contribution >= 0.6 is 0 Å². The van der Waals surface area contributed by atoms with Gasteiger partial charge in [-0.2, -0.15) is 23.1 Å². The summed E-state index contributed by atoms with van der Waals surface area (Å²) in [5, 5.41) is 56.2. The first-order valence-corrected chi connectivity index (χ1v) is 26.4. The fourth-order valence-corrected chi connectivity index (χ4v) is 12.1. The van der Waals surface area contributed by atoms with Gasteiger partial charge in [0.25, 0.3) is 17.0 Å². The number of H-pyrrole nitrogens is 2. The molecule has 8 unspecified atom stereocenters. The fraction of sp³-hybridized carbons (Fsp3) is 0.625. The minimum atomic E-state index is -4.99. The van der Waals surface area contributed by atoms with Crippen LogP contribution in [0.5, 0.6) is 0 Å². The van der Waals surface area contributed by atoms with E-state index in [1.165, 1.54) is 4.57 Å². The molecule has 6 aromatic heterocycles. The zero-order valence-electron chi connectivity index (χ0n) is 44.0. The molecule has 4 fully saturated rings. The molecule has 6 aromatic rings. The number of aromatic nitrogens is 12. The molecule has 28 nitrogen and oxygen atoms in total. The molecule has 13 N–H and O–H groups in total. The first-order chi connectivity index (χ1) is 39.9. The quantitative estimate of drug-likeness (QED) is 0.0476. The van der Waals surface area contributed by atoms with Crippen LogP contribution in [-0.2, 0) is 18.9 Å². The van der Waals surface area contributed by atoms with E-state index in [-0.39, 0.29) is 34.0 Å². The van der Waals surface area contributed by atoms with Gasteiger partial charge in [0.1, 0.15) is 42.1 Å². The molecule has 85 heavy (non-hydrogen) atoms. The number of anilines is 3. The Bertz CT molecular complexity index is 3640. The molecule has 4 saturated heterocycles. The lowest BCUT2D eigenvalue weighted by Crippen LogP contribution is -2.39. The van der Waals surface area contributed by atoms with Gasteiger partial charge in [0.15, 0.2) is 47.5 Å². The van der Waals surface area contributed by atoms with E-state index in [4.69, 9.17) is 36.1 Å². The van der Waals surface area contributed by atoms with Crippen molar-refractivity contribution in [1.29, 1.82) is 0 Å². The van der Waals surface area contributed by atoms with E-state index in [0.29, 0.717) is 9.13 Å². The second kappa shape index (κ2) is 22.9.